The molecule has 3 N–H and O–H groups in total. The van der Waals surface area contributed by atoms with E-state index in [9.17, 15) is 43.2 Å². The van der Waals surface area contributed by atoms with Crippen LogP contribution in [-0.2, 0) is 65.4 Å². The summed E-state index contributed by atoms with van der Waals surface area (Å²) in [5.41, 5.74) is 0. The lowest BCUT2D eigenvalue weighted by Crippen LogP contribution is -2.30. The number of aliphatic hydroxyl groups excluding tert-OH is 1. The van der Waals surface area contributed by atoms with E-state index in [0.717, 1.165) is 114 Å². The van der Waals surface area contributed by atoms with Crippen molar-refractivity contribution in [1.29, 1.82) is 0 Å². The first-order valence-electron chi connectivity index (χ1n) is 39.4. The molecule has 0 fully saturated rings. The Morgan fingerprint density at radius 2 is 0.537 bits per heavy atom. The third-order valence-electron chi connectivity index (χ3n) is 18.4. The molecule has 0 saturated carbocycles. The highest BCUT2D eigenvalue weighted by Crippen LogP contribution is 2.45. The van der Waals surface area contributed by atoms with Gasteiger partial charge in [-0.15, -0.1) is 0 Å². The number of carbonyl (C=O) groups excluding carboxylic acids is 4. The molecular weight excluding hydrogens is 1250 g/mol. The number of hydrogen-bond acceptors (Lipinski definition) is 15. The quantitative estimate of drug-likeness (QED) is 0.0222. The van der Waals surface area contributed by atoms with E-state index in [2.05, 4.69) is 48.5 Å². The lowest BCUT2D eigenvalue weighted by Gasteiger charge is -2.21. The maximum absolute atomic E-state index is 13.1. The highest BCUT2D eigenvalue weighted by atomic mass is 31.2. The second-order valence-electron chi connectivity index (χ2n) is 28.4. The summed E-state index contributed by atoms with van der Waals surface area (Å²) in [5, 5.41) is 10.6. The minimum absolute atomic E-state index is 0.105. The van der Waals surface area contributed by atoms with Gasteiger partial charge >= 0.3 is 39.5 Å². The highest BCUT2D eigenvalue weighted by Gasteiger charge is 2.30. The van der Waals surface area contributed by atoms with E-state index in [-0.39, 0.29) is 25.7 Å². The normalized spacial score (nSPS) is 14.6. The van der Waals surface area contributed by atoms with E-state index in [4.69, 9.17) is 37.0 Å². The van der Waals surface area contributed by atoms with Gasteiger partial charge in [-0.05, 0) is 43.4 Å². The van der Waals surface area contributed by atoms with Crippen LogP contribution in [0.5, 0.6) is 0 Å². The van der Waals surface area contributed by atoms with Gasteiger partial charge < -0.3 is 33.8 Å². The molecule has 0 heterocycles. The van der Waals surface area contributed by atoms with Crippen LogP contribution in [0.4, 0.5) is 0 Å². The highest BCUT2D eigenvalue weighted by molar-refractivity contribution is 7.47. The lowest BCUT2D eigenvalue weighted by molar-refractivity contribution is -0.161. The molecule has 4 unspecified atom stereocenters. The average molecular weight is 1400 g/mol. The van der Waals surface area contributed by atoms with Crippen molar-refractivity contribution in [2.45, 2.75) is 407 Å². The van der Waals surface area contributed by atoms with Gasteiger partial charge in [0.25, 0.3) is 0 Å². The number of phosphoric ester groups is 2. The van der Waals surface area contributed by atoms with Crippen LogP contribution in [0, 0.1) is 17.8 Å². The van der Waals surface area contributed by atoms with E-state index in [1.54, 1.807) is 0 Å². The van der Waals surface area contributed by atoms with Crippen molar-refractivity contribution >= 4 is 39.5 Å². The molecule has 7 atom stereocenters. The monoisotopic (exact) mass is 1400 g/mol. The Bertz CT molecular complexity index is 1860. The van der Waals surface area contributed by atoms with Crippen molar-refractivity contribution in [3.8, 4) is 0 Å². The summed E-state index contributed by atoms with van der Waals surface area (Å²) >= 11 is 0. The van der Waals surface area contributed by atoms with Gasteiger partial charge in [0.05, 0.1) is 26.4 Å². The average Bonchev–Trinajstić information content (AvgIpc) is 1.51. The Morgan fingerprint density at radius 3 is 0.800 bits per heavy atom. The lowest BCUT2D eigenvalue weighted by atomic mass is 9.99. The number of phosphoric acid groups is 2. The van der Waals surface area contributed by atoms with Gasteiger partial charge in [0, 0.05) is 25.7 Å². The molecular formula is C76H148O17P2. The molecule has 19 heteroatoms. The van der Waals surface area contributed by atoms with Gasteiger partial charge in [0.1, 0.15) is 19.3 Å². The maximum atomic E-state index is 13.1. The Hall–Kier alpha value is -1.94. The zero-order valence-corrected chi connectivity index (χ0v) is 63.9. The molecule has 0 aromatic rings. The van der Waals surface area contributed by atoms with Crippen molar-refractivity contribution < 1.29 is 80.2 Å². The third-order valence-corrected chi connectivity index (χ3v) is 20.3. The zero-order chi connectivity index (χ0) is 70.1. The predicted octanol–water partition coefficient (Wildman–Crippen LogP) is 22.2. The number of ether oxygens (including phenoxy) is 4. The summed E-state index contributed by atoms with van der Waals surface area (Å²) in [6.45, 7) is 11.9. The molecule has 17 nitrogen and oxygen atoms in total. The summed E-state index contributed by atoms with van der Waals surface area (Å²) in [5.74, 6) is 0.277. The van der Waals surface area contributed by atoms with Crippen LogP contribution in [0.3, 0.4) is 0 Å². The third kappa shape index (κ3) is 67.6. The molecule has 0 aromatic heterocycles. The summed E-state index contributed by atoms with van der Waals surface area (Å²) in [6, 6.07) is 0. The molecule has 0 bridgehead atoms. The standard InChI is InChI=1S/C76H148O17P2/c1-8-11-12-13-14-36-43-50-57-73(78)86-63-71(93-76(81)60-53-46-39-32-31-35-42-49-56-69(7)10-3)65-90-94(82,83)88-61-70(77)62-89-95(84,85)91-66-72(64-87-74(79)58-51-44-37-29-26-25-27-33-40-47-54-67(4)5)92-75(80)59-52-45-38-30-24-22-20-18-16-15-17-19-21-23-28-34-41-48-55-68(6)9-2/h67-72,77H,8-66H2,1-7H3,(H,82,83)(H,84,85)/t68?,69?,70-,71+,72+/m0/s1. The first-order valence-corrected chi connectivity index (χ1v) is 42.4. The van der Waals surface area contributed by atoms with Crippen LogP contribution >= 0.6 is 15.6 Å². The molecule has 0 aliphatic carbocycles. The second-order valence-corrected chi connectivity index (χ2v) is 31.3. The van der Waals surface area contributed by atoms with Gasteiger partial charge in [-0.2, -0.15) is 0 Å². The van der Waals surface area contributed by atoms with E-state index in [0.29, 0.717) is 25.7 Å². The molecule has 0 aromatic carbocycles. The molecule has 0 spiro atoms. The van der Waals surface area contributed by atoms with Crippen LogP contribution in [0.25, 0.3) is 0 Å². The molecule has 0 aliphatic rings. The minimum atomic E-state index is -4.96. The van der Waals surface area contributed by atoms with Crippen LogP contribution in [0.2, 0.25) is 0 Å². The maximum Gasteiger partial charge on any atom is 0.472 e. The van der Waals surface area contributed by atoms with Crippen molar-refractivity contribution in [2.24, 2.45) is 17.8 Å². The van der Waals surface area contributed by atoms with Gasteiger partial charge in [-0.3, -0.25) is 37.3 Å². The Balaban J connectivity index is 5.17. The number of unbranched alkanes of at least 4 members (excludes halogenated alkanes) is 40. The van der Waals surface area contributed by atoms with Crippen molar-refractivity contribution in [1.82, 2.24) is 0 Å². The zero-order valence-electron chi connectivity index (χ0n) is 62.1. The number of rotatable bonds is 74. The number of aliphatic hydroxyl groups is 1. The van der Waals surface area contributed by atoms with Crippen LogP contribution < -0.4 is 0 Å². The van der Waals surface area contributed by atoms with Gasteiger partial charge in [0.15, 0.2) is 12.2 Å². The minimum Gasteiger partial charge on any atom is -0.462 e. The largest absolute Gasteiger partial charge is 0.472 e. The second kappa shape index (κ2) is 66.6. The first kappa shape index (κ1) is 93.1. The SMILES string of the molecule is CCCCCCCCCCC(=O)OC[C@H](COP(=O)(O)OC[C@H](O)COP(=O)(O)OC[C@@H](COC(=O)CCCCCCCCCCCCC(C)C)OC(=O)CCCCCCCCCCCCCCCCCCCCC(C)CC)OC(=O)CCCCCCCCCCC(C)CC. The first-order chi connectivity index (χ1) is 45.8. The van der Waals surface area contributed by atoms with Gasteiger partial charge in [-0.1, -0.05) is 337 Å². The molecule has 0 radical (unpaired) electrons. The number of esters is 4. The molecule has 0 saturated heterocycles. The van der Waals surface area contributed by atoms with E-state index in [1.165, 1.54) is 193 Å². The number of hydrogen-bond donors (Lipinski definition) is 3. The number of carbonyl (C=O) groups is 4. The van der Waals surface area contributed by atoms with Crippen molar-refractivity contribution in [2.75, 3.05) is 39.6 Å². The van der Waals surface area contributed by atoms with E-state index in [1.807, 2.05) is 0 Å². The van der Waals surface area contributed by atoms with Crippen LogP contribution in [0.15, 0.2) is 0 Å². The topological polar surface area (TPSA) is 237 Å². The van der Waals surface area contributed by atoms with Crippen LogP contribution in [0.1, 0.15) is 389 Å². The van der Waals surface area contributed by atoms with Crippen molar-refractivity contribution in [3.63, 3.8) is 0 Å². The van der Waals surface area contributed by atoms with Crippen molar-refractivity contribution in [3.05, 3.63) is 0 Å². The van der Waals surface area contributed by atoms with E-state index < -0.39 is 97.5 Å². The van der Waals surface area contributed by atoms with Gasteiger partial charge in [-0.25, -0.2) is 9.13 Å². The Morgan fingerprint density at radius 1 is 0.305 bits per heavy atom. The summed E-state index contributed by atoms with van der Waals surface area (Å²) in [6.07, 6.45) is 52.8. The molecule has 0 amide bonds. The Labute approximate surface area is 581 Å². The molecule has 95 heavy (non-hydrogen) atoms. The summed E-state index contributed by atoms with van der Waals surface area (Å²) < 4.78 is 68.4. The van der Waals surface area contributed by atoms with E-state index >= 15 is 0 Å². The Kier molecular flexibility index (Phi) is 65.2. The molecule has 0 rings (SSSR count). The summed E-state index contributed by atoms with van der Waals surface area (Å²) in [4.78, 5) is 72.7. The van der Waals surface area contributed by atoms with Gasteiger partial charge in [0.2, 0.25) is 0 Å². The summed E-state index contributed by atoms with van der Waals surface area (Å²) in [7, 11) is -9.91. The van der Waals surface area contributed by atoms with Crippen LogP contribution in [-0.4, -0.2) is 96.7 Å². The molecule has 564 valence electrons. The fourth-order valence-electron chi connectivity index (χ4n) is 11.5. The fourth-order valence-corrected chi connectivity index (χ4v) is 13.1. The smallest absolute Gasteiger partial charge is 0.462 e. The fraction of sp³-hybridized carbons (Fsp3) is 0.947. The predicted molar refractivity (Wildman–Crippen MR) is 386 cm³/mol. The molecule has 0 aliphatic heterocycles.